The van der Waals surface area contributed by atoms with E-state index in [-0.39, 0.29) is 11.8 Å². The van der Waals surface area contributed by atoms with Crippen molar-refractivity contribution in [2.45, 2.75) is 19.4 Å². The molecular formula is C14H16N2O4. The van der Waals surface area contributed by atoms with Crippen LogP contribution in [0.25, 0.3) is 0 Å². The van der Waals surface area contributed by atoms with Crippen molar-refractivity contribution in [3.63, 3.8) is 0 Å². The number of amides is 1. The number of rotatable bonds is 3. The number of β-amino-alcohol motifs (C(OH)–C–C–N with tert-alkyl or cyclic N) is 1. The number of carbonyl (C=O) groups is 1. The average Bonchev–Trinajstić information content (AvgIpc) is 3.12. The molecule has 1 aliphatic heterocycles. The highest BCUT2D eigenvalue weighted by Gasteiger charge is 2.35. The highest BCUT2D eigenvalue weighted by molar-refractivity contribution is 5.91. The molecule has 3 rings (SSSR count). The van der Waals surface area contributed by atoms with Gasteiger partial charge in [-0.15, -0.1) is 0 Å². The van der Waals surface area contributed by atoms with Gasteiger partial charge < -0.3 is 18.9 Å². The van der Waals surface area contributed by atoms with E-state index in [0.717, 1.165) is 11.5 Å². The molecule has 3 heterocycles. The van der Waals surface area contributed by atoms with E-state index in [1.165, 1.54) is 6.26 Å². The summed E-state index contributed by atoms with van der Waals surface area (Å²) < 4.78 is 10.3. The van der Waals surface area contributed by atoms with Crippen LogP contribution < -0.4 is 0 Å². The number of hydrogen-bond donors (Lipinski definition) is 1. The first-order chi connectivity index (χ1) is 9.63. The Morgan fingerprint density at radius 2 is 2.40 bits per heavy atom. The van der Waals surface area contributed by atoms with Crippen molar-refractivity contribution >= 4 is 5.91 Å². The predicted octanol–water partition coefficient (Wildman–Crippen LogP) is 1.25. The van der Waals surface area contributed by atoms with Gasteiger partial charge in [-0.05, 0) is 19.1 Å². The van der Waals surface area contributed by atoms with Gasteiger partial charge in [-0.25, -0.2) is 0 Å². The third kappa shape index (κ3) is 2.46. The molecule has 106 valence electrons. The summed E-state index contributed by atoms with van der Waals surface area (Å²) in [6.45, 7) is 2.66. The zero-order valence-corrected chi connectivity index (χ0v) is 11.2. The molecule has 1 amide bonds. The number of carbonyl (C=O) groups excluding carboxylic acids is 1. The zero-order valence-electron chi connectivity index (χ0n) is 11.2. The van der Waals surface area contributed by atoms with Gasteiger partial charge in [0.15, 0.2) is 5.76 Å². The largest absolute Gasteiger partial charge is 0.459 e. The van der Waals surface area contributed by atoms with Crippen molar-refractivity contribution in [2.75, 3.05) is 13.1 Å². The molecular weight excluding hydrogens is 260 g/mol. The van der Waals surface area contributed by atoms with E-state index in [0.29, 0.717) is 25.3 Å². The van der Waals surface area contributed by atoms with E-state index in [2.05, 4.69) is 5.16 Å². The highest BCUT2D eigenvalue weighted by atomic mass is 16.5. The fourth-order valence-electron chi connectivity index (χ4n) is 2.55. The van der Waals surface area contributed by atoms with Crippen molar-refractivity contribution in [2.24, 2.45) is 5.92 Å². The maximum absolute atomic E-state index is 12.1. The summed E-state index contributed by atoms with van der Waals surface area (Å²) >= 11 is 0. The average molecular weight is 276 g/mol. The minimum Gasteiger partial charge on any atom is -0.459 e. The Labute approximate surface area is 116 Å². The molecule has 0 saturated carbocycles. The topological polar surface area (TPSA) is 79.7 Å². The molecule has 1 fully saturated rings. The number of furan rings is 1. The van der Waals surface area contributed by atoms with E-state index in [4.69, 9.17) is 8.94 Å². The minimum atomic E-state index is -0.556. The third-order valence-corrected chi connectivity index (χ3v) is 3.57. The van der Waals surface area contributed by atoms with Crippen LogP contribution in [-0.4, -0.2) is 40.3 Å². The van der Waals surface area contributed by atoms with Crippen LogP contribution in [-0.2, 0) is 6.42 Å². The Kier molecular flexibility index (Phi) is 3.31. The molecule has 0 unspecified atom stereocenters. The lowest BCUT2D eigenvalue weighted by atomic mass is 10.0. The summed E-state index contributed by atoms with van der Waals surface area (Å²) in [5.74, 6) is 0.804. The second-order valence-corrected chi connectivity index (χ2v) is 5.15. The number of nitrogens with zero attached hydrogens (tertiary/aromatic N) is 2. The lowest BCUT2D eigenvalue weighted by Crippen LogP contribution is -2.29. The minimum absolute atomic E-state index is 0.0405. The summed E-state index contributed by atoms with van der Waals surface area (Å²) in [5.41, 5.74) is 0.816. The van der Waals surface area contributed by atoms with Crippen LogP contribution in [0.3, 0.4) is 0 Å². The van der Waals surface area contributed by atoms with Crippen molar-refractivity contribution in [1.29, 1.82) is 0 Å². The van der Waals surface area contributed by atoms with Crippen LogP contribution in [0.15, 0.2) is 33.4 Å². The summed E-state index contributed by atoms with van der Waals surface area (Å²) in [7, 11) is 0. The van der Waals surface area contributed by atoms with Crippen LogP contribution in [0.2, 0.25) is 0 Å². The third-order valence-electron chi connectivity index (χ3n) is 3.57. The van der Waals surface area contributed by atoms with Crippen LogP contribution in [0.1, 0.15) is 22.0 Å². The number of aliphatic hydroxyl groups excluding tert-OH is 1. The van der Waals surface area contributed by atoms with E-state index in [1.807, 2.05) is 13.0 Å². The van der Waals surface area contributed by atoms with Gasteiger partial charge in [0.25, 0.3) is 5.91 Å². The molecule has 0 bridgehead atoms. The van der Waals surface area contributed by atoms with Gasteiger partial charge in [0, 0.05) is 31.5 Å². The molecule has 20 heavy (non-hydrogen) atoms. The predicted molar refractivity (Wildman–Crippen MR) is 69.1 cm³/mol. The highest BCUT2D eigenvalue weighted by Crippen LogP contribution is 2.23. The molecule has 1 aliphatic rings. The van der Waals surface area contributed by atoms with Crippen LogP contribution >= 0.6 is 0 Å². The number of likely N-dealkylation sites (tertiary alicyclic amines) is 1. The van der Waals surface area contributed by atoms with Gasteiger partial charge in [-0.1, -0.05) is 5.16 Å². The number of aryl methyl sites for hydroxylation is 1. The molecule has 0 spiro atoms. The first-order valence-electron chi connectivity index (χ1n) is 6.56. The molecule has 6 heteroatoms. The van der Waals surface area contributed by atoms with Gasteiger partial charge in [-0.3, -0.25) is 4.79 Å². The lowest BCUT2D eigenvalue weighted by molar-refractivity contribution is 0.0733. The smallest absolute Gasteiger partial charge is 0.289 e. The standard InChI is InChI=1S/C14H16N2O4/c1-9-5-11(20-15-9)6-10-7-16(8-12(10)17)14(18)13-3-2-4-19-13/h2-5,10,12,17H,6-8H2,1H3/t10-,12-/m1/s1. The number of hydrogen-bond acceptors (Lipinski definition) is 5. The Hall–Kier alpha value is -2.08. The monoisotopic (exact) mass is 276 g/mol. The fourth-order valence-corrected chi connectivity index (χ4v) is 2.55. The Balaban J connectivity index is 1.66. The van der Waals surface area contributed by atoms with Crippen LogP contribution in [0.4, 0.5) is 0 Å². The Morgan fingerprint density at radius 3 is 3.05 bits per heavy atom. The first-order valence-corrected chi connectivity index (χ1v) is 6.56. The van der Waals surface area contributed by atoms with Gasteiger partial charge in [0.05, 0.1) is 18.1 Å². The SMILES string of the molecule is Cc1cc(C[C@@H]2CN(C(=O)c3ccco3)C[C@H]2O)on1. The van der Waals surface area contributed by atoms with Gasteiger partial charge in [0.1, 0.15) is 5.76 Å². The lowest BCUT2D eigenvalue weighted by Gasteiger charge is -2.13. The molecule has 2 aromatic rings. The van der Waals surface area contributed by atoms with E-state index in [9.17, 15) is 9.90 Å². The normalized spacial score (nSPS) is 22.4. The van der Waals surface area contributed by atoms with Crippen molar-refractivity contribution in [3.05, 3.63) is 41.7 Å². The molecule has 6 nitrogen and oxygen atoms in total. The number of aromatic nitrogens is 1. The molecule has 2 atom stereocenters. The molecule has 0 aliphatic carbocycles. The van der Waals surface area contributed by atoms with E-state index in [1.54, 1.807) is 17.0 Å². The summed E-state index contributed by atoms with van der Waals surface area (Å²) in [6.07, 6.45) is 1.48. The van der Waals surface area contributed by atoms with Crippen molar-refractivity contribution in [3.8, 4) is 0 Å². The molecule has 2 aromatic heterocycles. The second kappa shape index (κ2) is 5.13. The fraction of sp³-hybridized carbons (Fsp3) is 0.429. The summed E-state index contributed by atoms with van der Waals surface area (Å²) in [4.78, 5) is 13.7. The zero-order chi connectivity index (χ0) is 14.1. The van der Waals surface area contributed by atoms with Gasteiger partial charge in [0.2, 0.25) is 0 Å². The van der Waals surface area contributed by atoms with Gasteiger partial charge in [-0.2, -0.15) is 0 Å². The van der Waals surface area contributed by atoms with Crippen molar-refractivity contribution < 1.29 is 18.8 Å². The Morgan fingerprint density at radius 1 is 1.55 bits per heavy atom. The Bertz CT molecular complexity index is 590. The maximum Gasteiger partial charge on any atom is 0.289 e. The maximum atomic E-state index is 12.1. The van der Waals surface area contributed by atoms with Gasteiger partial charge >= 0.3 is 0 Å². The van der Waals surface area contributed by atoms with E-state index < -0.39 is 6.10 Å². The van der Waals surface area contributed by atoms with Crippen LogP contribution in [0, 0.1) is 12.8 Å². The van der Waals surface area contributed by atoms with Crippen molar-refractivity contribution in [1.82, 2.24) is 10.1 Å². The second-order valence-electron chi connectivity index (χ2n) is 5.15. The molecule has 0 aromatic carbocycles. The summed E-state index contributed by atoms with van der Waals surface area (Å²) in [6, 6.07) is 5.15. The van der Waals surface area contributed by atoms with Crippen LogP contribution in [0.5, 0.6) is 0 Å². The molecule has 0 radical (unpaired) electrons. The number of aliphatic hydroxyl groups is 1. The van der Waals surface area contributed by atoms with E-state index >= 15 is 0 Å². The first kappa shape index (κ1) is 12.9. The molecule has 1 saturated heterocycles. The molecule has 1 N–H and O–H groups in total. The quantitative estimate of drug-likeness (QED) is 0.912. The summed E-state index contributed by atoms with van der Waals surface area (Å²) in [5, 5.41) is 13.9.